The summed E-state index contributed by atoms with van der Waals surface area (Å²) in [6, 6.07) is 3.13. The van der Waals surface area contributed by atoms with E-state index in [1.165, 1.54) is 0 Å². The molecule has 1 aromatic carbocycles. The molecule has 0 aromatic heterocycles. The van der Waals surface area contributed by atoms with Gasteiger partial charge in [-0.1, -0.05) is 0 Å². The summed E-state index contributed by atoms with van der Waals surface area (Å²) in [5.74, 6) is -0.267. The molecule has 6 heteroatoms. The van der Waals surface area contributed by atoms with Gasteiger partial charge in [-0.3, -0.25) is 0 Å². The molecule has 0 aliphatic carbocycles. The van der Waals surface area contributed by atoms with Crippen LogP contribution in [0.3, 0.4) is 0 Å². The van der Waals surface area contributed by atoms with Gasteiger partial charge in [-0.2, -0.15) is 0 Å². The summed E-state index contributed by atoms with van der Waals surface area (Å²) >= 11 is 1.95. The van der Waals surface area contributed by atoms with Gasteiger partial charge >= 0.3 is 5.97 Å². The number of rotatable bonds is 3. The Morgan fingerprint density at radius 3 is 2.69 bits per heavy atom. The highest BCUT2D eigenvalue weighted by molar-refractivity contribution is 14.1. The highest BCUT2D eigenvalue weighted by Gasteiger charge is 2.12. The van der Waals surface area contributed by atoms with Gasteiger partial charge in [-0.25, -0.2) is 4.79 Å². The van der Waals surface area contributed by atoms with Crippen molar-refractivity contribution in [3.05, 3.63) is 26.8 Å². The number of hydrogen-bond acceptors (Lipinski definition) is 4. The number of phenols is 1. The third kappa shape index (κ3) is 3.50. The maximum Gasteiger partial charge on any atom is 0.338 e. The van der Waals surface area contributed by atoms with Gasteiger partial charge in [0.15, 0.2) is 0 Å². The van der Waals surface area contributed by atoms with Crippen molar-refractivity contribution < 1.29 is 14.6 Å². The minimum absolute atomic E-state index is 0. The predicted molar refractivity (Wildman–Crippen MR) is 71.9 cm³/mol. The lowest BCUT2D eigenvalue weighted by atomic mass is 10.1. The standard InChI is InChI=1S/C10H12INO3.ClH/c1-2-15-10(14)6-3-7(5-12)9(13)8(11)4-6;/h3-4,13H,2,5,12H2,1H3;1H. The van der Waals surface area contributed by atoms with Crippen LogP contribution in [0, 0.1) is 3.57 Å². The van der Waals surface area contributed by atoms with E-state index in [1.54, 1.807) is 19.1 Å². The van der Waals surface area contributed by atoms with Crippen LogP contribution in [0.15, 0.2) is 12.1 Å². The van der Waals surface area contributed by atoms with Gasteiger partial charge in [0.25, 0.3) is 0 Å². The van der Waals surface area contributed by atoms with Gasteiger partial charge in [0.05, 0.1) is 15.7 Å². The monoisotopic (exact) mass is 357 g/mol. The molecule has 0 spiro atoms. The van der Waals surface area contributed by atoms with Crippen molar-refractivity contribution in [2.75, 3.05) is 6.61 Å². The van der Waals surface area contributed by atoms with Gasteiger partial charge in [0, 0.05) is 12.1 Å². The normalized spacial score (nSPS) is 9.44. The molecule has 0 aliphatic heterocycles. The molecular formula is C10H13ClINO3. The molecule has 1 rings (SSSR count). The molecule has 0 atom stereocenters. The maximum absolute atomic E-state index is 11.4. The zero-order valence-electron chi connectivity index (χ0n) is 8.70. The molecule has 0 aliphatic rings. The Morgan fingerprint density at radius 2 is 2.19 bits per heavy atom. The average Bonchev–Trinajstić information content (AvgIpc) is 2.22. The topological polar surface area (TPSA) is 72.5 Å². The van der Waals surface area contributed by atoms with E-state index in [0.717, 1.165) is 0 Å². The van der Waals surface area contributed by atoms with Gasteiger partial charge in [-0.15, -0.1) is 12.4 Å². The molecular weight excluding hydrogens is 344 g/mol. The molecule has 0 bridgehead atoms. The molecule has 0 heterocycles. The van der Waals surface area contributed by atoms with Crippen LogP contribution in [0.4, 0.5) is 0 Å². The Hall–Kier alpha value is -0.530. The van der Waals surface area contributed by atoms with Crippen molar-refractivity contribution >= 4 is 41.0 Å². The third-order valence-electron chi connectivity index (χ3n) is 1.87. The number of aromatic hydroxyl groups is 1. The quantitative estimate of drug-likeness (QED) is 0.641. The number of benzene rings is 1. The smallest absolute Gasteiger partial charge is 0.338 e. The van der Waals surface area contributed by atoms with E-state index >= 15 is 0 Å². The Morgan fingerprint density at radius 1 is 1.56 bits per heavy atom. The van der Waals surface area contributed by atoms with E-state index in [2.05, 4.69) is 0 Å². The predicted octanol–water partition coefficient (Wildman–Crippen LogP) is 2.05. The first-order valence-electron chi connectivity index (χ1n) is 4.48. The molecule has 0 amide bonds. The van der Waals surface area contributed by atoms with Crippen LogP contribution < -0.4 is 5.73 Å². The summed E-state index contributed by atoms with van der Waals surface area (Å²) in [6.07, 6.45) is 0. The summed E-state index contributed by atoms with van der Waals surface area (Å²) in [6.45, 7) is 2.26. The molecule has 90 valence electrons. The van der Waals surface area contributed by atoms with E-state index < -0.39 is 5.97 Å². The second-order valence-electron chi connectivity index (χ2n) is 2.89. The Kier molecular flexibility index (Phi) is 6.70. The molecule has 4 nitrogen and oxygen atoms in total. The average molecular weight is 358 g/mol. The van der Waals surface area contributed by atoms with E-state index in [4.69, 9.17) is 10.5 Å². The summed E-state index contributed by atoms with van der Waals surface area (Å²) in [4.78, 5) is 11.4. The van der Waals surface area contributed by atoms with Crippen LogP contribution in [-0.4, -0.2) is 17.7 Å². The van der Waals surface area contributed by atoms with Crippen molar-refractivity contribution in [3.8, 4) is 5.75 Å². The largest absolute Gasteiger partial charge is 0.507 e. The van der Waals surface area contributed by atoms with Gasteiger partial charge in [0.1, 0.15) is 5.75 Å². The molecule has 0 saturated heterocycles. The molecule has 0 saturated carbocycles. The second-order valence-corrected chi connectivity index (χ2v) is 4.05. The minimum atomic E-state index is -0.398. The van der Waals surface area contributed by atoms with Crippen LogP contribution in [-0.2, 0) is 11.3 Å². The van der Waals surface area contributed by atoms with Gasteiger partial charge in [-0.05, 0) is 41.6 Å². The zero-order valence-corrected chi connectivity index (χ0v) is 11.7. The molecule has 0 unspecified atom stereocenters. The number of halogens is 2. The molecule has 1 aromatic rings. The SMILES string of the molecule is CCOC(=O)c1cc(I)c(O)c(CN)c1.Cl. The fourth-order valence-corrected chi connectivity index (χ4v) is 1.83. The third-order valence-corrected chi connectivity index (χ3v) is 2.70. The highest BCUT2D eigenvalue weighted by Crippen LogP contribution is 2.26. The second kappa shape index (κ2) is 6.93. The van der Waals surface area contributed by atoms with Crippen molar-refractivity contribution in [3.63, 3.8) is 0 Å². The lowest BCUT2D eigenvalue weighted by Crippen LogP contribution is -2.07. The molecule has 0 radical (unpaired) electrons. The first kappa shape index (κ1) is 15.5. The number of phenolic OH excluding ortho intramolecular Hbond substituents is 1. The van der Waals surface area contributed by atoms with E-state index in [0.29, 0.717) is 21.3 Å². The fraction of sp³-hybridized carbons (Fsp3) is 0.300. The van der Waals surface area contributed by atoms with Crippen LogP contribution in [0.1, 0.15) is 22.8 Å². The first-order chi connectivity index (χ1) is 7.10. The number of ether oxygens (including phenoxy) is 1. The fourth-order valence-electron chi connectivity index (χ4n) is 1.14. The Labute approximate surface area is 114 Å². The zero-order chi connectivity index (χ0) is 11.4. The number of nitrogens with two attached hydrogens (primary N) is 1. The first-order valence-corrected chi connectivity index (χ1v) is 5.56. The van der Waals surface area contributed by atoms with E-state index in [-0.39, 0.29) is 24.7 Å². The Bertz CT molecular complexity index is 385. The van der Waals surface area contributed by atoms with Crippen molar-refractivity contribution in [2.24, 2.45) is 5.73 Å². The van der Waals surface area contributed by atoms with Gasteiger partial charge < -0.3 is 15.6 Å². The lowest BCUT2D eigenvalue weighted by Gasteiger charge is -2.07. The van der Waals surface area contributed by atoms with Crippen LogP contribution >= 0.6 is 35.0 Å². The maximum atomic E-state index is 11.4. The number of esters is 1. The minimum Gasteiger partial charge on any atom is -0.507 e. The highest BCUT2D eigenvalue weighted by atomic mass is 127. The number of carbonyl (C=O) groups excluding carboxylic acids is 1. The van der Waals surface area contributed by atoms with Gasteiger partial charge in [0.2, 0.25) is 0 Å². The Balaban J connectivity index is 0.00000225. The summed E-state index contributed by atoms with van der Waals surface area (Å²) in [7, 11) is 0. The number of hydrogen-bond donors (Lipinski definition) is 2. The summed E-state index contributed by atoms with van der Waals surface area (Å²) in [5.41, 5.74) is 6.41. The van der Waals surface area contributed by atoms with Crippen LogP contribution in [0.5, 0.6) is 5.75 Å². The van der Waals surface area contributed by atoms with Crippen LogP contribution in [0.2, 0.25) is 0 Å². The van der Waals surface area contributed by atoms with Crippen molar-refractivity contribution in [2.45, 2.75) is 13.5 Å². The number of carbonyl (C=O) groups is 1. The lowest BCUT2D eigenvalue weighted by molar-refractivity contribution is 0.0526. The molecule has 16 heavy (non-hydrogen) atoms. The summed E-state index contributed by atoms with van der Waals surface area (Å²) in [5, 5.41) is 9.59. The van der Waals surface area contributed by atoms with E-state index in [1.807, 2.05) is 22.6 Å². The van der Waals surface area contributed by atoms with Crippen molar-refractivity contribution in [1.82, 2.24) is 0 Å². The summed E-state index contributed by atoms with van der Waals surface area (Å²) < 4.78 is 5.45. The molecule has 3 N–H and O–H groups in total. The van der Waals surface area contributed by atoms with Crippen LogP contribution in [0.25, 0.3) is 0 Å². The van der Waals surface area contributed by atoms with E-state index in [9.17, 15) is 9.90 Å². The molecule has 0 fully saturated rings. The van der Waals surface area contributed by atoms with Crippen molar-refractivity contribution in [1.29, 1.82) is 0 Å².